The molecular formula is C22H20ClN3O3. The average Bonchev–Trinajstić information content (AvgIpc) is 3.10. The largest absolute Gasteiger partial charge is 0.467 e. The molecule has 4 rings (SSSR count). The second-order valence-electron chi connectivity index (χ2n) is 6.72. The Bertz CT molecular complexity index is 1050. The van der Waals surface area contributed by atoms with Crippen LogP contribution < -0.4 is 15.8 Å². The van der Waals surface area contributed by atoms with E-state index < -0.39 is 17.3 Å². The summed E-state index contributed by atoms with van der Waals surface area (Å²) in [4.78, 5) is 25.8. The number of halogens is 1. The standard InChI is InChI=1S/C22H20ClN3O3/c23-21(29-15-9-5-2-6-10-15)20(27)18-17(22(24)28)16-13-25-11-12-26(16)19(18)14-7-3-1-4-8-14/h1-10,21,25H,11-13H2,(H2,24,28). The number of Topliss-reactive ketones (excluding diaryl/α,β-unsaturated/α-hetero) is 1. The van der Waals surface area contributed by atoms with Crippen molar-refractivity contribution in [3.05, 3.63) is 77.5 Å². The van der Waals surface area contributed by atoms with Gasteiger partial charge >= 0.3 is 0 Å². The molecule has 0 aliphatic carbocycles. The van der Waals surface area contributed by atoms with Crippen molar-refractivity contribution >= 4 is 23.3 Å². The van der Waals surface area contributed by atoms with Gasteiger partial charge in [0.05, 0.1) is 16.8 Å². The highest BCUT2D eigenvalue weighted by Crippen LogP contribution is 2.35. The normalized spacial score (nSPS) is 14.1. The van der Waals surface area contributed by atoms with Crippen LogP contribution >= 0.6 is 11.6 Å². The van der Waals surface area contributed by atoms with E-state index in [4.69, 9.17) is 22.1 Å². The van der Waals surface area contributed by atoms with E-state index in [1.54, 1.807) is 24.3 Å². The summed E-state index contributed by atoms with van der Waals surface area (Å²) >= 11 is 6.35. The van der Waals surface area contributed by atoms with Crippen LogP contribution in [0.3, 0.4) is 0 Å². The molecular weight excluding hydrogens is 390 g/mol. The minimum absolute atomic E-state index is 0.198. The van der Waals surface area contributed by atoms with Crippen LogP contribution in [-0.4, -0.2) is 28.4 Å². The van der Waals surface area contributed by atoms with E-state index >= 15 is 0 Å². The fraction of sp³-hybridized carbons (Fsp3) is 0.182. The van der Waals surface area contributed by atoms with Gasteiger partial charge in [0.15, 0.2) is 0 Å². The number of hydrogen-bond acceptors (Lipinski definition) is 4. The Kier molecular flexibility index (Phi) is 5.38. The van der Waals surface area contributed by atoms with Crippen LogP contribution in [0, 0.1) is 0 Å². The summed E-state index contributed by atoms with van der Waals surface area (Å²) in [5.41, 5.74) is 6.96. The lowest BCUT2D eigenvalue weighted by molar-refractivity contribution is 0.0877. The number of primary amides is 1. The Hall–Kier alpha value is -3.09. The van der Waals surface area contributed by atoms with Crippen molar-refractivity contribution in [2.75, 3.05) is 6.54 Å². The van der Waals surface area contributed by atoms with Gasteiger partial charge in [-0.3, -0.25) is 9.59 Å². The molecule has 0 saturated heterocycles. The summed E-state index contributed by atoms with van der Waals surface area (Å²) in [6.45, 7) is 1.77. The van der Waals surface area contributed by atoms with Crippen molar-refractivity contribution in [2.45, 2.75) is 18.7 Å². The molecule has 2 heterocycles. The Balaban J connectivity index is 1.85. The van der Waals surface area contributed by atoms with Crippen molar-refractivity contribution in [1.29, 1.82) is 0 Å². The van der Waals surface area contributed by atoms with E-state index in [9.17, 15) is 9.59 Å². The first kappa shape index (κ1) is 19.2. The number of nitrogens with one attached hydrogen (secondary N) is 1. The van der Waals surface area contributed by atoms with Crippen LogP contribution in [0.1, 0.15) is 26.4 Å². The summed E-state index contributed by atoms with van der Waals surface area (Å²) in [5, 5.41) is 3.23. The van der Waals surface area contributed by atoms with Crippen molar-refractivity contribution in [3.8, 4) is 17.0 Å². The number of hydrogen-bond donors (Lipinski definition) is 2. The monoisotopic (exact) mass is 409 g/mol. The molecule has 1 aromatic heterocycles. The SMILES string of the molecule is NC(=O)c1c(C(=O)C(Cl)Oc2ccccc2)c(-c2ccccc2)n2c1CNCC2. The molecule has 1 aliphatic heterocycles. The summed E-state index contributed by atoms with van der Waals surface area (Å²) < 4.78 is 7.60. The summed E-state index contributed by atoms with van der Waals surface area (Å²) in [5.74, 6) is -0.690. The molecule has 1 atom stereocenters. The van der Waals surface area contributed by atoms with Crippen LogP contribution in [0.15, 0.2) is 60.7 Å². The molecule has 0 radical (unpaired) electrons. The number of ketones is 1. The Morgan fingerprint density at radius 3 is 2.34 bits per heavy atom. The summed E-state index contributed by atoms with van der Waals surface area (Å²) in [6.07, 6.45) is 0. The highest BCUT2D eigenvalue weighted by molar-refractivity contribution is 6.34. The molecule has 3 aromatic rings. The molecule has 29 heavy (non-hydrogen) atoms. The lowest BCUT2D eigenvalue weighted by atomic mass is 9.99. The summed E-state index contributed by atoms with van der Waals surface area (Å²) in [7, 11) is 0. The van der Waals surface area contributed by atoms with Crippen LogP contribution in [0.2, 0.25) is 0 Å². The van der Waals surface area contributed by atoms with Gasteiger partial charge in [0.1, 0.15) is 5.75 Å². The number of aromatic nitrogens is 1. The third-order valence-corrected chi connectivity index (χ3v) is 5.19. The lowest BCUT2D eigenvalue weighted by Gasteiger charge is -2.20. The third-order valence-electron chi connectivity index (χ3n) is 4.90. The fourth-order valence-electron chi connectivity index (χ4n) is 3.68. The van der Waals surface area contributed by atoms with Gasteiger partial charge < -0.3 is 20.4 Å². The van der Waals surface area contributed by atoms with Crippen molar-refractivity contribution < 1.29 is 14.3 Å². The average molecular weight is 410 g/mol. The first-order chi connectivity index (χ1) is 14.1. The van der Waals surface area contributed by atoms with Crippen LogP contribution in [0.5, 0.6) is 5.75 Å². The van der Waals surface area contributed by atoms with Gasteiger partial charge in [-0.1, -0.05) is 60.1 Å². The molecule has 7 heteroatoms. The zero-order valence-electron chi connectivity index (χ0n) is 15.6. The minimum atomic E-state index is -1.30. The molecule has 2 aromatic carbocycles. The van der Waals surface area contributed by atoms with Crippen molar-refractivity contribution in [3.63, 3.8) is 0 Å². The van der Waals surface area contributed by atoms with Gasteiger partial charge in [0.2, 0.25) is 11.3 Å². The van der Waals surface area contributed by atoms with Crippen LogP contribution in [-0.2, 0) is 13.1 Å². The van der Waals surface area contributed by atoms with Gasteiger partial charge in [0, 0.05) is 25.3 Å². The van der Waals surface area contributed by atoms with Gasteiger partial charge in [-0.15, -0.1) is 0 Å². The number of nitrogens with zero attached hydrogens (tertiary/aromatic N) is 1. The number of para-hydroxylation sites is 1. The number of rotatable bonds is 6. The van der Waals surface area contributed by atoms with E-state index in [1.165, 1.54) is 0 Å². The number of amides is 1. The number of carbonyl (C=O) groups excluding carboxylic acids is 2. The quantitative estimate of drug-likeness (QED) is 0.483. The minimum Gasteiger partial charge on any atom is -0.467 e. The topological polar surface area (TPSA) is 86.3 Å². The third kappa shape index (κ3) is 3.64. The molecule has 0 bridgehead atoms. The molecule has 1 unspecified atom stereocenters. The molecule has 0 spiro atoms. The predicted octanol–water partition coefficient (Wildman–Crippen LogP) is 3.18. The van der Waals surface area contributed by atoms with E-state index in [-0.39, 0.29) is 11.1 Å². The first-order valence-corrected chi connectivity index (χ1v) is 9.73. The van der Waals surface area contributed by atoms with Crippen LogP contribution in [0.25, 0.3) is 11.3 Å². The van der Waals surface area contributed by atoms with Gasteiger partial charge in [-0.05, 0) is 17.7 Å². The molecule has 6 nitrogen and oxygen atoms in total. The maximum Gasteiger partial charge on any atom is 0.251 e. The fourth-order valence-corrected chi connectivity index (χ4v) is 3.89. The molecule has 0 saturated carbocycles. The van der Waals surface area contributed by atoms with Crippen LogP contribution in [0.4, 0.5) is 0 Å². The lowest BCUT2D eigenvalue weighted by Crippen LogP contribution is -2.30. The highest BCUT2D eigenvalue weighted by Gasteiger charge is 2.35. The zero-order chi connectivity index (χ0) is 20.4. The Labute approximate surface area is 173 Å². The second-order valence-corrected chi connectivity index (χ2v) is 7.11. The number of nitrogens with two attached hydrogens (primary N) is 1. The second kappa shape index (κ2) is 8.11. The number of carbonyl (C=O) groups is 2. The zero-order valence-corrected chi connectivity index (χ0v) is 16.4. The number of benzene rings is 2. The van der Waals surface area contributed by atoms with Crippen molar-refractivity contribution in [1.82, 2.24) is 9.88 Å². The van der Waals surface area contributed by atoms with Gasteiger partial charge in [-0.25, -0.2) is 0 Å². The number of ether oxygens (including phenoxy) is 1. The predicted molar refractivity (Wildman–Crippen MR) is 111 cm³/mol. The molecule has 148 valence electrons. The van der Waals surface area contributed by atoms with E-state index in [1.807, 2.05) is 41.0 Å². The molecule has 1 amide bonds. The highest BCUT2D eigenvalue weighted by atomic mass is 35.5. The maximum atomic E-state index is 13.4. The van der Waals surface area contributed by atoms with Gasteiger partial charge in [0.25, 0.3) is 5.91 Å². The van der Waals surface area contributed by atoms with Gasteiger partial charge in [-0.2, -0.15) is 0 Å². The first-order valence-electron chi connectivity index (χ1n) is 9.29. The van der Waals surface area contributed by atoms with E-state index in [0.29, 0.717) is 30.2 Å². The van der Waals surface area contributed by atoms with E-state index in [0.717, 1.165) is 12.1 Å². The molecule has 0 fully saturated rings. The van der Waals surface area contributed by atoms with Crippen molar-refractivity contribution in [2.24, 2.45) is 5.73 Å². The smallest absolute Gasteiger partial charge is 0.251 e. The Morgan fingerprint density at radius 2 is 1.69 bits per heavy atom. The number of alkyl halides is 1. The molecule has 1 aliphatic rings. The molecule has 3 N–H and O–H groups in total. The van der Waals surface area contributed by atoms with E-state index in [2.05, 4.69) is 5.32 Å². The summed E-state index contributed by atoms with van der Waals surface area (Å²) in [6, 6.07) is 18.3. The number of fused-ring (bicyclic) bond motifs is 1. The Morgan fingerprint density at radius 1 is 1.03 bits per heavy atom. The maximum absolute atomic E-state index is 13.4.